The largest absolute Gasteiger partial charge is 0.467 e. The molecule has 0 heterocycles. The first-order valence-electron chi connectivity index (χ1n) is 4.86. The molecule has 0 bridgehead atoms. The van der Waals surface area contributed by atoms with Crippen LogP contribution in [0.2, 0.25) is 0 Å². The van der Waals surface area contributed by atoms with Crippen LogP contribution in [0.25, 0.3) is 0 Å². The predicted molar refractivity (Wildman–Crippen MR) is 57.4 cm³/mol. The Labute approximate surface area is 90.6 Å². The van der Waals surface area contributed by atoms with Crippen LogP contribution in [-0.2, 0) is 14.3 Å². The van der Waals surface area contributed by atoms with Gasteiger partial charge in [0.2, 0.25) is 5.91 Å². The topological polar surface area (TPSA) is 67.4 Å². The van der Waals surface area contributed by atoms with E-state index in [1.54, 1.807) is 0 Å². The lowest BCUT2D eigenvalue weighted by Gasteiger charge is -2.24. The van der Waals surface area contributed by atoms with E-state index < -0.39 is 12.0 Å². The minimum absolute atomic E-state index is 0.106. The van der Waals surface area contributed by atoms with Gasteiger partial charge in [0, 0.05) is 19.0 Å². The number of hydrogen-bond acceptors (Lipinski definition) is 4. The second kappa shape index (κ2) is 5.70. The summed E-state index contributed by atoms with van der Waals surface area (Å²) >= 11 is 0. The normalized spacial score (nSPS) is 13.1. The molecule has 1 atom stereocenters. The lowest BCUT2D eigenvalue weighted by molar-refractivity contribution is -0.144. The van der Waals surface area contributed by atoms with Crippen molar-refractivity contribution in [3.8, 4) is 0 Å². The predicted octanol–water partition coefficient (Wildman–Crippen LogP) is 0.0522. The van der Waals surface area contributed by atoms with Gasteiger partial charge in [0.1, 0.15) is 6.04 Å². The van der Waals surface area contributed by atoms with Gasteiger partial charge in [-0.25, -0.2) is 4.79 Å². The molecular weight excluding hydrogens is 196 g/mol. The number of hydrogen-bond donors (Lipinski definition) is 2. The van der Waals surface area contributed by atoms with Gasteiger partial charge < -0.3 is 15.4 Å². The number of esters is 1. The summed E-state index contributed by atoms with van der Waals surface area (Å²) in [5.74, 6) is -0.692. The first-order chi connectivity index (χ1) is 6.76. The summed E-state index contributed by atoms with van der Waals surface area (Å²) in [4.78, 5) is 22.1. The molecule has 15 heavy (non-hydrogen) atoms. The molecule has 88 valence electrons. The zero-order chi connectivity index (χ0) is 12.1. The molecule has 0 spiro atoms. The molecule has 5 heteroatoms. The van der Waals surface area contributed by atoms with Crippen LogP contribution in [-0.4, -0.2) is 37.1 Å². The minimum atomic E-state index is -0.633. The van der Waals surface area contributed by atoms with Crippen molar-refractivity contribution in [3.63, 3.8) is 0 Å². The molecular formula is C10H20N2O3. The van der Waals surface area contributed by atoms with Crippen LogP contribution in [0.1, 0.15) is 27.7 Å². The van der Waals surface area contributed by atoms with Gasteiger partial charge in [0.15, 0.2) is 0 Å². The molecule has 0 saturated heterocycles. The van der Waals surface area contributed by atoms with Crippen molar-refractivity contribution in [1.82, 2.24) is 10.6 Å². The van der Waals surface area contributed by atoms with Gasteiger partial charge in [-0.15, -0.1) is 0 Å². The van der Waals surface area contributed by atoms with Gasteiger partial charge in [-0.3, -0.25) is 4.79 Å². The molecule has 0 saturated carbocycles. The summed E-state index contributed by atoms with van der Waals surface area (Å²) < 4.78 is 4.58. The van der Waals surface area contributed by atoms with Crippen molar-refractivity contribution in [3.05, 3.63) is 0 Å². The van der Waals surface area contributed by atoms with E-state index in [2.05, 4.69) is 15.4 Å². The van der Waals surface area contributed by atoms with E-state index >= 15 is 0 Å². The van der Waals surface area contributed by atoms with Crippen LogP contribution in [0.4, 0.5) is 0 Å². The van der Waals surface area contributed by atoms with Crippen molar-refractivity contribution >= 4 is 11.9 Å². The SMILES string of the molecule is COC(=O)C(CNC(C)(C)C)NC(C)=O. The van der Waals surface area contributed by atoms with Crippen molar-refractivity contribution in [2.45, 2.75) is 39.3 Å². The van der Waals surface area contributed by atoms with E-state index in [9.17, 15) is 9.59 Å². The number of nitrogens with one attached hydrogen (secondary N) is 2. The zero-order valence-electron chi connectivity index (χ0n) is 10.0. The molecule has 1 unspecified atom stereocenters. The maximum atomic E-state index is 11.3. The highest BCUT2D eigenvalue weighted by Crippen LogP contribution is 1.99. The third-order valence-corrected chi connectivity index (χ3v) is 1.70. The van der Waals surface area contributed by atoms with Gasteiger partial charge in [-0.05, 0) is 20.8 Å². The summed E-state index contributed by atoms with van der Waals surface area (Å²) in [5, 5.41) is 5.65. The first-order valence-corrected chi connectivity index (χ1v) is 4.86. The first kappa shape index (κ1) is 13.9. The molecule has 0 aromatic carbocycles. The average molecular weight is 216 g/mol. The monoisotopic (exact) mass is 216 g/mol. The highest BCUT2D eigenvalue weighted by atomic mass is 16.5. The molecule has 0 radical (unpaired) electrons. The Bertz CT molecular complexity index is 233. The lowest BCUT2D eigenvalue weighted by Crippen LogP contribution is -2.51. The number of amides is 1. The number of carbonyl (C=O) groups excluding carboxylic acids is 2. The van der Waals surface area contributed by atoms with E-state index in [4.69, 9.17) is 0 Å². The molecule has 0 aliphatic heterocycles. The van der Waals surface area contributed by atoms with Crippen LogP contribution in [0.5, 0.6) is 0 Å². The third-order valence-electron chi connectivity index (χ3n) is 1.70. The van der Waals surface area contributed by atoms with Crippen molar-refractivity contribution in [2.75, 3.05) is 13.7 Å². The Kier molecular flexibility index (Phi) is 5.28. The van der Waals surface area contributed by atoms with Gasteiger partial charge in [0.05, 0.1) is 7.11 Å². The molecule has 0 rings (SSSR count). The van der Waals surface area contributed by atoms with E-state index in [0.717, 1.165) is 0 Å². The molecule has 0 aromatic rings. The number of methoxy groups -OCH3 is 1. The smallest absolute Gasteiger partial charge is 0.329 e. The van der Waals surface area contributed by atoms with E-state index in [0.29, 0.717) is 6.54 Å². The second-order valence-electron chi connectivity index (χ2n) is 4.41. The highest BCUT2D eigenvalue weighted by Gasteiger charge is 2.21. The van der Waals surface area contributed by atoms with Gasteiger partial charge in [0.25, 0.3) is 0 Å². The Morgan fingerprint density at radius 1 is 1.33 bits per heavy atom. The van der Waals surface area contributed by atoms with Crippen LogP contribution >= 0.6 is 0 Å². The number of carbonyl (C=O) groups is 2. The van der Waals surface area contributed by atoms with E-state index in [-0.39, 0.29) is 11.4 Å². The molecule has 0 aromatic heterocycles. The Morgan fingerprint density at radius 2 is 1.87 bits per heavy atom. The molecule has 0 fully saturated rings. The van der Waals surface area contributed by atoms with Crippen molar-refractivity contribution in [2.24, 2.45) is 0 Å². The fourth-order valence-corrected chi connectivity index (χ4v) is 0.989. The van der Waals surface area contributed by atoms with Gasteiger partial charge >= 0.3 is 5.97 Å². The van der Waals surface area contributed by atoms with Crippen molar-refractivity contribution in [1.29, 1.82) is 0 Å². The third kappa shape index (κ3) is 6.90. The number of rotatable bonds is 4. The van der Waals surface area contributed by atoms with E-state index in [1.807, 2.05) is 20.8 Å². The Morgan fingerprint density at radius 3 is 2.20 bits per heavy atom. The highest BCUT2D eigenvalue weighted by molar-refractivity contribution is 5.83. The molecule has 0 aliphatic carbocycles. The summed E-state index contributed by atoms with van der Waals surface area (Å²) in [6.45, 7) is 7.67. The Hall–Kier alpha value is -1.10. The van der Waals surface area contributed by atoms with E-state index in [1.165, 1.54) is 14.0 Å². The van der Waals surface area contributed by atoms with Gasteiger partial charge in [-0.1, -0.05) is 0 Å². The summed E-state index contributed by atoms with van der Waals surface area (Å²) in [6.07, 6.45) is 0. The lowest BCUT2D eigenvalue weighted by atomic mass is 10.1. The number of ether oxygens (including phenoxy) is 1. The van der Waals surface area contributed by atoms with Crippen LogP contribution in [0, 0.1) is 0 Å². The summed E-state index contributed by atoms with van der Waals surface area (Å²) in [6, 6.07) is -0.633. The summed E-state index contributed by atoms with van der Waals surface area (Å²) in [5.41, 5.74) is -0.106. The quantitative estimate of drug-likeness (QED) is 0.652. The summed E-state index contributed by atoms with van der Waals surface area (Å²) in [7, 11) is 1.30. The molecule has 5 nitrogen and oxygen atoms in total. The van der Waals surface area contributed by atoms with Crippen LogP contribution < -0.4 is 10.6 Å². The van der Waals surface area contributed by atoms with Gasteiger partial charge in [-0.2, -0.15) is 0 Å². The zero-order valence-corrected chi connectivity index (χ0v) is 10.0. The average Bonchev–Trinajstić information content (AvgIpc) is 2.09. The standard InChI is InChI=1S/C10H20N2O3/c1-7(13)12-8(9(14)15-5)6-11-10(2,3)4/h8,11H,6H2,1-5H3,(H,12,13). The molecule has 2 N–H and O–H groups in total. The maximum Gasteiger partial charge on any atom is 0.329 e. The Balaban J connectivity index is 4.25. The van der Waals surface area contributed by atoms with Crippen LogP contribution in [0.15, 0.2) is 0 Å². The minimum Gasteiger partial charge on any atom is -0.467 e. The van der Waals surface area contributed by atoms with Crippen LogP contribution in [0.3, 0.4) is 0 Å². The maximum absolute atomic E-state index is 11.3. The fraction of sp³-hybridized carbons (Fsp3) is 0.800. The molecule has 0 aliphatic rings. The second-order valence-corrected chi connectivity index (χ2v) is 4.41. The molecule has 1 amide bonds. The fourth-order valence-electron chi connectivity index (χ4n) is 0.989. The van der Waals surface area contributed by atoms with Crippen molar-refractivity contribution < 1.29 is 14.3 Å².